The highest BCUT2D eigenvalue weighted by molar-refractivity contribution is 5.66. The molecular formula is C16H28O2. The van der Waals surface area contributed by atoms with E-state index in [-0.39, 0.29) is 6.42 Å². The second kappa shape index (κ2) is 14.0. The number of carboxylic acid groups (broad SMARTS) is 1. The Hall–Kier alpha value is -1.05. The highest BCUT2D eigenvalue weighted by Gasteiger charge is 1.90. The predicted octanol–water partition coefficient (Wildman–Crippen LogP) is 5.10. The minimum Gasteiger partial charge on any atom is -0.481 e. The number of carboxylic acids is 1. The molecule has 18 heavy (non-hydrogen) atoms. The summed E-state index contributed by atoms with van der Waals surface area (Å²) < 4.78 is 0. The van der Waals surface area contributed by atoms with E-state index in [0.29, 0.717) is 6.42 Å². The van der Waals surface area contributed by atoms with Crippen LogP contribution in [0.4, 0.5) is 0 Å². The van der Waals surface area contributed by atoms with Gasteiger partial charge in [0.15, 0.2) is 0 Å². The van der Waals surface area contributed by atoms with E-state index in [0.717, 1.165) is 6.42 Å². The summed E-state index contributed by atoms with van der Waals surface area (Å²) in [6.45, 7) is 2.24. The van der Waals surface area contributed by atoms with E-state index in [9.17, 15) is 4.79 Å². The second-order valence-corrected chi connectivity index (χ2v) is 4.67. The van der Waals surface area contributed by atoms with Crippen molar-refractivity contribution >= 4 is 5.97 Å². The predicted molar refractivity (Wildman–Crippen MR) is 77.8 cm³/mol. The third kappa shape index (κ3) is 14.9. The molecular weight excluding hydrogens is 224 g/mol. The van der Waals surface area contributed by atoms with E-state index in [1.165, 1.54) is 44.9 Å². The molecule has 0 unspecified atom stereocenters. The minimum atomic E-state index is -0.724. The molecule has 0 spiro atoms. The molecule has 0 aliphatic rings. The average Bonchev–Trinajstić information content (AvgIpc) is 2.34. The molecule has 0 amide bonds. The first-order valence-corrected chi connectivity index (χ1v) is 7.29. The SMILES string of the molecule is CCCCCCCCC=CCC=CCCC(=O)O. The molecule has 104 valence electrons. The third-order valence-electron chi connectivity index (χ3n) is 2.85. The maximum atomic E-state index is 10.3. The molecule has 2 nitrogen and oxygen atoms in total. The van der Waals surface area contributed by atoms with Gasteiger partial charge in [0.2, 0.25) is 0 Å². The second-order valence-electron chi connectivity index (χ2n) is 4.67. The zero-order chi connectivity index (χ0) is 13.5. The van der Waals surface area contributed by atoms with Crippen LogP contribution in [0.15, 0.2) is 24.3 Å². The van der Waals surface area contributed by atoms with Crippen molar-refractivity contribution in [2.75, 3.05) is 0 Å². The Morgan fingerprint density at radius 1 is 0.889 bits per heavy atom. The zero-order valence-electron chi connectivity index (χ0n) is 11.7. The van der Waals surface area contributed by atoms with Crippen LogP contribution < -0.4 is 0 Å². The van der Waals surface area contributed by atoms with E-state index >= 15 is 0 Å². The molecule has 0 bridgehead atoms. The highest BCUT2D eigenvalue weighted by Crippen LogP contribution is 2.07. The minimum absolute atomic E-state index is 0.234. The van der Waals surface area contributed by atoms with Crippen LogP contribution in [0.2, 0.25) is 0 Å². The molecule has 1 N–H and O–H groups in total. The van der Waals surface area contributed by atoms with E-state index < -0.39 is 5.97 Å². The van der Waals surface area contributed by atoms with Crippen LogP contribution in [0.3, 0.4) is 0 Å². The van der Waals surface area contributed by atoms with Crippen LogP contribution in [-0.2, 0) is 4.79 Å². The Labute approximate surface area is 112 Å². The molecule has 0 saturated heterocycles. The number of allylic oxidation sites excluding steroid dienone is 4. The lowest BCUT2D eigenvalue weighted by molar-refractivity contribution is -0.136. The largest absolute Gasteiger partial charge is 0.481 e. The van der Waals surface area contributed by atoms with Gasteiger partial charge in [0, 0.05) is 6.42 Å². The molecule has 0 fully saturated rings. The number of rotatable bonds is 12. The fraction of sp³-hybridized carbons (Fsp3) is 0.688. The first kappa shape index (κ1) is 16.9. The Morgan fingerprint density at radius 2 is 1.50 bits per heavy atom. The summed E-state index contributed by atoms with van der Waals surface area (Å²) >= 11 is 0. The fourth-order valence-electron chi connectivity index (χ4n) is 1.76. The van der Waals surface area contributed by atoms with Gasteiger partial charge >= 0.3 is 5.97 Å². The molecule has 2 heteroatoms. The van der Waals surface area contributed by atoms with Gasteiger partial charge in [-0.15, -0.1) is 0 Å². The van der Waals surface area contributed by atoms with Crippen molar-refractivity contribution in [3.05, 3.63) is 24.3 Å². The Kier molecular flexibility index (Phi) is 13.2. The summed E-state index contributed by atoms with van der Waals surface area (Å²) in [5.74, 6) is -0.724. The number of hydrogen-bond acceptors (Lipinski definition) is 1. The lowest BCUT2D eigenvalue weighted by atomic mass is 10.1. The molecule has 0 atom stereocenters. The summed E-state index contributed by atoms with van der Waals surface area (Å²) in [6, 6.07) is 0. The smallest absolute Gasteiger partial charge is 0.303 e. The number of hydrogen-bond donors (Lipinski definition) is 1. The van der Waals surface area contributed by atoms with E-state index in [4.69, 9.17) is 5.11 Å². The molecule has 0 radical (unpaired) electrons. The van der Waals surface area contributed by atoms with Gasteiger partial charge in [-0.2, -0.15) is 0 Å². The van der Waals surface area contributed by atoms with Crippen LogP contribution in [-0.4, -0.2) is 11.1 Å². The van der Waals surface area contributed by atoms with Gasteiger partial charge in [0.25, 0.3) is 0 Å². The van der Waals surface area contributed by atoms with Gasteiger partial charge in [0.05, 0.1) is 0 Å². The molecule has 0 aromatic heterocycles. The standard InChI is InChI=1S/C16H28O2/c1-2-3-4-5-6-7-8-9-10-11-12-13-14-15-16(17)18/h9-10,12-13H,2-8,11,14-15H2,1H3,(H,17,18). The summed E-state index contributed by atoms with van der Waals surface area (Å²) in [6.07, 6.45) is 19.5. The summed E-state index contributed by atoms with van der Waals surface area (Å²) in [7, 11) is 0. The van der Waals surface area contributed by atoms with Crippen LogP contribution >= 0.6 is 0 Å². The van der Waals surface area contributed by atoms with Gasteiger partial charge in [-0.05, 0) is 25.7 Å². The molecule has 0 aliphatic carbocycles. The maximum absolute atomic E-state index is 10.3. The van der Waals surface area contributed by atoms with Crippen molar-refractivity contribution in [1.29, 1.82) is 0 Å². The van der Waals surface area contributed by atoms with Gasteiger partial charge in [0.1, 0.15) is 0 Å². The van der Waals surface area contributed by atoms with Crippen molar-refractivity contribution in [2.45, 2.75) is 71.1 Å². The van der Waals surface area contributed by atoms with Crippen molar-refractivity contribution in [3.63, 3.8) is 0 Å². The van der Waals surface area contributed by atoms with Crippen LogP contribution in [0.1, 0.15) is 71.1 Å². The van der Waals surface area contributed by atoms with Crippen LogP contribution in [0.5, 0.6) is 0 Å². The lowest BCUT2D eigenvalue weighted by Crippen LogP contribution is -1.91. The van der Waals surface area contributed by atoms with Crippen LogP contribution in [0, 0.1) is 0 Å². The molecule has 0 saturated carbocycles. The van der Waals surface area contributed by atoms with Crippen LogP contribution in [0.25, 0.3) is 0 Å². The normalized spacial score (nSPS) is 11.6. The van der Waals surface area contributed by atoms with E-state index in [1.807, 2.05) is 12.2 Å². The topological polar surface area (TPSA) is 37.3 Å². The molecule has 0 aromatic rings. The number of carbonyl (C=O) groups is 1. The highest BCUT2D eigenvalue weighted by atomic mass is 16.4. The summed E-state index contributed by atoms with van der Waals surface area (Å²) in [5, 5.41) is 8.44. The molecule has 0 heterocycles. The van der Waals surface area contributed by atoms with E-state index in [2.05, 4.69) is 19.1 Å². The molecule has 0 aliphatic heterocycles. The van der Waals surface area contributed by atoms with E-state index in [1.54, 1.807) is 0 Å². The Morgan fingerprint density at radius 3 is 2.17 bits per heavy atom. The van der Waals surface area contributed by atoms with Crippen molar-refractivity contribution in [1.82, 2.24) is 0 Å². The Bertz CT molecular complexity index is 241. The van der Waals surface area contributed by atoms with Gasteiger partial charge in [-0.25, -0.2) is 0 Å². The van der Waals surface area contributed by atoms with Gasteiger partial charge in [-0.1, -0.05) is 63.3 Å². The Balaban J connectivity index is 3.20. The first-order chi connectivity index (χ1) is 8.77. The molecule has 0 aromatic carbocycles. The van der Waals surface area contributed by atoms with Crippen molar-refractivity contribution < 1.29 is 9.90 Å². The zero-order valence-corrected chi connectivity index (χ0v) is 11.7. The molecule has 0 rings (SSSR count). The fourth-order valence-corrected chi connectivity index (χ4v) is 1.76. The van der Waals surface area contributed by atoms with Crippen molar-refractivity contribution in [2.24, 2.45) is 0 Å². The lowest BCUT2D eigenvalue weighted by Gasteiger charge is -1.97. The quantitative estimate of drug-likeness (QED) is 0.387. The van der Waals surface area contributed by atoms with Gasteiger partial charge < -0.3 is 5.11 Å². The summed E-state index contributed by atoms with van der Waals surface area (Å²) in [4.78, 5) is 10.3. The number of unbranched alkanes of at least 4 members (excludes halogenated alkanes) is 6. The number of aliphatic carboxylic acids is 1. The third-order valence-corrected chi connectivity index (χ3v) is 2.85. The monoisotopic (exact) mass is 252 g/mol. The maximum Gasteiger partial charge on any atom is 0.303 e. The summed E-state index contributed by atoms with van der Waals surface area (Å²) in [5.41, 5.74) is 0. The first-order valence-electron chi connectivity index (χ1n) is 7.29. The van der Waals surface area contributed by atoms with Gasteiger partial charge in [-0.3, -0.25) is 4.79 Å². The van der Waals surface area contributed by atoms with Crippen molar-refractivity contribution in [3.8, 4) is 0 Å². The average molecular weight is 252 g/mol.